The van der Waals surface area contributed by atoms with Crippen LogP contribution in [0, 0.1) is 39.0 Å². The van der Waals surface area contributed by atoms with Crippen molar-refractivity contribution >= 4 is 109 Å². The molecule has 120 valence electrons. The fraction of sp³-hybridized carbons (Fsp3) is 0. The highest BCUT2D eigenvalue weighted by molar-refractivity contribution is 9.11. The fourth-order valence-electron chi connectivity index (χ4n) is 2.92. The quantitative estimate of drug-likeness (QED) is 0.159. The molecule has 4 aromatic heterocycles. The lowest BCUT2D eigenvalue weighted by molar-refractivity contribution is 1.44. The maximum absolute atomic E-state index is 3.70. The molecule has 0 spiro atoms. The van der Waals surface area contributed by atoms with Crippen molar-refractivity contribution in [3.8, 4) is 0 Å². The summed E-state index contributed by atoms with van der Waals surface area (Å²) in [6.07, 6.45) is 0. The van der Waals surface area contributed by atoms with Crippen molar-refractivity contribution in [3.63, 3.8) is 0 Å². The van der Waals surface area contributed by atoms with Crippen LogP contribution in [0.15, 0.2) is 39.4 Å². The Labute approximate surface area is 185 Å². The number of hydrogen-bond donors (Lipinski definition) is 0. The highest BCUT2D eigenvalue weighted by atomic mass is 79.9. The molecule has 0 nitrogen and oxygen atoms in total. The van der Waals surface area contributed by atoms with Gasteiger partial charge in [-0.05, 0) is 88.0 Å². The molecule has 4 heterocycles. The molecule has 0 unspecified atom stereocenters. The van der Waals surface area contributed by atoms with E-state index >= 15 is 0 Å². The van der Waals surface area contributed by atoms with Gasteiger partial charge in [-0.3, -0.25) is 0 Å². The number of hydrogen-bond acceptors (Lipinski definition) is 4. The summed E-state index contributed by atoms with van der Waals surface area (Å²) in [5, 5.41) is 5.26. The lowest BCUT2D eigenvalue weighted by atomic mass is 10.2. The van der Waals surface area contributed by atoms with Crippen LogP contribution in [0.1, 0.15) is 0 Å². The molecule has 0 bridgehead atoms. The van der Waals surface area contributed by atoms with Crippen molar-refractivity contribution in [1.29, 1.82) is 0 Å². The zero-order chi connectivity index (χ0) is 16.6. The third-order valence-electron chi connectivity index (χ3n) is 3.80. The molecular formula is C16H4Br4S4. The first kappa shape index (κ1) is 16.9. The van der Waals surface area contributed by atoms with Crippen LogP contribution in [0.3, 0.4) is 0 Å². The van der Waals surface area contributed by atoms with Gasteiger partial charge in [-0.25, -0.2) is 0 Å². The average Bonchev–Trinajstić information content (AvgIpc) is 3.23. The van der Waals surface area contributed by atoms with Crippen molar-refractivity contribution in [3.05, 3.63) is 78.4 Å². The summed E-state index contributed by atoms with van der Waals surface area (Å²) in [4.78, 5) is 0. The second kappa shape index (κ2) is 6.12. The van der Waals surface area contributed by atoms with Crippen LogP contribution in [-0.4, -0.2) is 0 Å². The molecule has 1 aliphatic rings. The Hall–Kier alpha value is 0.720. The summed E-state index contributed by atoms with van der Waals surface area (Å²) in [5.41, 5.74) is 0. The van der Waals surface area contributed by atoms with E-state index in [0.29, 0.717) is 0 Å². The molecule has 0 saturated heterocycles. The number of rotatable bonds is 0. The molecule has 0 aromatic carbocycles. The zero-order valence-corrected chi connectivity index (χ0v) is 21.1. The van der Waals surface area contributed by atoms with Crippen LogP contribution < -0.4 is 0 Å². The Kier molecular flexibility index (Phi) is 4.30. The number of fused-ring (bicyclic) bond motifs is 4. The first-order chi connectivity index (χ1) is 11.5. The highest BCUT2D eigenvalue weighted by Gasteiger charge is 2.09. The molecule has 0 saturated carbocycles. The van der Waals surface area contributed by atoms with Gasteiger partial charge in [-0.15, -0.1) is 45.3 Å². The zero-order valence-electron chi connectivity index (χ0n) is 11.5. The van der Waals surface area contributed by atoms with E-state index in [4.69, 9.17) is 0 Å². The topological polar surface area (TPSA) is 0 Å². The molecule has 0 fully saturated rings. The second-order valence-electron chi connectivity index (χ2n) is 5.17. The Balaban J connectivity index is 2.44. The van der Waals surface area contributed by atoms with E-state index in [0.717, 1.165) is 0 Å². The standard InChI is InChI=1S/C16H4Br4S4/c17-9-1-5-6-2-10(18)22-14(6)16-8(4-12(20)24-16)7-3-11(19)23-15(7)13(5)21-9/h1-4H/b6-5-,8-7-,15-13-,16-14-. The number of thiophene rings is 4. The Morgan fingerprint density at radius 2 is 0.625 bits per heavy atom. The van der Waals surface area contributed by atoms with Gasteiger partial charge in [0.15, 0.2) is 0 Å². The van der Waals surface area contributed by atoms with Crippen molar-refractivity contribution in [2.45, 2.75) is 0 Å². The second-order valence-corrected chi connectivity index (χ2v) is 14.9. The van der Waals surface area contributed by atoms with E-state index < -0.39 is 0 Å². The minimum Gasteiger partial charge on any atom is -0.127 e. The lowest BCUT2D eigenvalue weighted by Crippen LogP contribution is -1.76. The van der Waals surface area contributed by atoms with E-state index in [1.54, 1.807) is 0 Å². The minimum absolute atomic E-state index is 1.17. The van der Waals surface area contributed by atoms with Crippen molar-refractivity contribution < 1.29 is 0 Å². The van der Waals surface area contributed by atoms with Crippen LogP contribution >= 0.6 is 109 Å². The molecule has 0 aliphatic heterocycles. The molecule has 0 amide bonds. The number of halogens is 4. The summed E-state index contributed by atoms with van der Waals surface area (Å²) in [6.45, 7) is 0. The van der Waals surface area contributed by atoms with Gasteiger partial charge < -0.3 is 0 Å². The van der Waals surface area contributed by atoms with Gasteiger partial charge in [0, 0.05) is 20.9 Å². The molecule has 24 heavy (non-hydrogen) atoms. The Morgan fingerprint density at radius 3 is 0.833 bits per heavy atom. The maximum atomic E-state index is 3.70. The van der Waals surface area contributed by atoms with Gasteiger partial charge in [0.2, 0.25) is 0 Å². The van der Waals surface area contributed by atoms with Gasteiger partial charge in [0.1, 0.15) is 0 Å². The summed E-state index contributed by atoms with van der Waals surface area (Å²) < 4.78 is 10.0. The van der Waals surface area contributed by atoms with Crippen LogP contribution in [0.25, 0.3) is 0 Å². The predicted octanol–water partition coefficient (Wildman–Crippen LogP) is 8.44. The van der Waals surface area contributed by atoms with Crippen molar-refractivity contribution in [2.75, 3.05) is 0 Å². The van der Waals surface area contributed by atoms with Gasteiger partial charge in [-0.1, -0.05) is 0 Å². The van der Waals surface area contributed by atoms with Gasteiger partial charge >= 0.3 is 0 Å². The van der Waals surface area contributed by atoms with Crippen molar-refractivity contribution in [1.82, 2.24) is 0 Å². The molecule has 8 heteroatoms. The molecule has 5 rings (SSSR count). The molecule has 0 radical (unpaired) electrons. The third-order valence-corrected chi connectivity index (χ3v) is 10.7. The van der Waals surface area contributed by atoms with E-state index in [1.807, 2.05) is 45.3 Å². The van der Waals surface area contributed by atoms with E-state index in [2.05, 4.69) is 88.0 Å². The van der Waals surface area contributed by atoms with Gasteiger partial charge in [-0.2, -0.15) is 0 Å². The van der Waals surface area contributed by atoms with Gasteiger partial charge in [0.25, 0.3) is 0 Å². The third kappa shape index (κ3) is 2.56. The first-order valence-corrected chi connectivity index (χ1v) is 13.1. The monoisotopic (exact) mass is 640 g/mol. The lowest BCUT2D eigenvalue weighted by Gasteiger charge is -1.87. The average molecular weight is 644 g/mol. The molecular weight excluding hydrogens is 640 g/mol. The summed E-state index contributed by atoms with van der Waals surface area (Å²) in [5.74, 6) is 0. The smallest absolute Gasteiger partial charge is 0.0711 e. The predicted molar refractivity (Wildman–Crippen MR) is 119 cm³/mol. The maximum Gasteiger partial charge on any atom is 0.0711 e. The fourth-order valence-corrected chi connectivity index (χ4v) is 9.69. The van der Waals surface area contributed by atoms with Crippen LogP contribution in [-0.2, 0) is 0 Å². The Morgan fingerprint density at radius 1 is 0.417 bits per heavy atom. The van der Waals surface area contributed by atoms with Gasteiger partial charge in [0.05, 0.1) is 33.3 Å². The SMILES string of the molecule is Brc1cc2/c(s1)=c1/sc(Br)c/c1=c1\cc(Br)s\c1=c1/sc(Br)c/c1=2. The normalized spacial score (nSPS) is 18.2. The molecule has 4 aromatic rings. The van der Waals surface area contributed by atoms with Crippen LogP contribution in [0.5, 0.6) is 0 Å². The summed E-state index contributed by atoms with van der Waals surface area (Å²) in [7, 11) is 0. The minimum atomic E-state index is 1.17. The Bertz CT molecular complexity index is 1120. The first-order valence-electron chi connectivity index (χ1n) is 6.70. The molecule has 0 N–H and O–H groups in total. The van der Waals surface area contributed by atoms with E-state index in [1.165, 1.54) is 54.1 Å². The van der Waals surface area contributed by atoms with Crippen molar-refractivity contribution in [2.24, 2.45) is 0 Å². The summed E-state index contributed by atoms with van der Waals surface area (Å²) >= 11 is 22.0. The van der Waals surface area contributed by atoms with Crippen LogP contribution in [0.4, 0.5) is 0 Å². The van der Waals surface area contributed by atoms with E-state index in [-0.39, 0.29) is 0 Å². The summed E-state index contributed by atoms with van der Waals surface area (Å²) in [6, 6.07) is 9.01. The highest BCUT2D eigenvalue weighted by Crippen LogP contribution is 2.33. The van der Waals surface area contributed by atoms with Crippen LogP contribution in [0.2, 0.25) is 0 Å². The molecule has 0 atom stereocenters. The largest absolute Gasteiger partial charge is 0.127 e. The van der Waals surface area contributed by atoms with E-state index in [9.17, 15) is 0 Å². The molecule has 1 aliphatic carbocycles.